The Kier molecular flexibility index (Phi) is 5.20. The maximum absolute atomic E-state index is 12.5. The van der Waals surface area contributed by atoms with Crippen LogP contribution >= 0.6 is 11.8 Å². The second-order valence-corrected chi connectivity index (χ2v) is 8.10. The Bertz CT molecular complexity index is 908. The zero-order valence-corrected chi connectivity index (χ0v) is 16.5. The molecule has 142 valence electrons. The summed E-state index contributed by atoms with van der Waals surface area (Å²) in [6, 6.07) is 9.77. The van der Waals surface area contributed by atoms with Crippen LogP contribution in [0.15, 0.2) is 40.0 Å². The van der Waals surface area contributed by atoms with E-state index in [0.29, 0.717) is 16.9 Å². The van der Waals surface area contributed by atoms with Gasteiger partial charge in [-0.3, -0.25) is 9.48 Å². The van der Waals surface area contributed by atoms with Gasteiger partial charge in [-0.15, -0.1) is 0 Å². The average molecular weight is 385 g/mol. The second-order valence-electron chi connectivity index (χ2n) is 7.17. The number of thioether (sulfide) groups is 1. The fourth-order valence-electron chi connectivity index (χ4n) is 3.60. The van der Waals surface area contributed by atoms with Gasteiger partial charge in [0.25, 0.3) is 5.22 Å². The second kappa shape index (κ2) is 7.76. The van der Waals surface area contributed by atoms with E-state index in [1.165, 1.54) is 17.5 Å². The van der Waals surface area contributed by atoms with Crippen molar-refractivity contribution >= 4 is 28.8 Å². The van der Waals surface area contributed by atoms with Gasteiger partial charge in [-0.05, 0) is 50.8 Å². The first-order chi connectivity index (χ1) is 13.1. The van der Waals surface area contributed by atoms with Gasteiger partial charge in [0.1, 0.15) is 5.52 Å². The molecule has 0 N–H and O–H groups in total. The molecular weight excluding hydrogens is 360 g/mol. The normalized spacial score (nSPS) is 15.6. The van der Waals surface area contributed by atoms with E-state index in [9.17, 15) is 4.79 Å². The van der Waals surface area contributed by atoms with E-state index in [-0.39, 0.29) is 5.91 Å². The van der Waals surface area contributed by atoms with Gasteiger partial charge in [0.05, 0.1) is 11.4 Å². The number of hydrogen-bond donors (Lipinski definition) is 0. The predicted molar refractivity (Wildman–Crippen MR) is 106 cm³/mol. The SMILES string of the molecule is Cc1cc(C)n(CC2CCN(C(=O)CSc3nc4ccccc4o3)CC2)n1. The van der Waals surface area contributed by atoms with E-state index in [1.54, 1.807) is 0 Å². The summed E-state index contributed by atoms with van der Waals surface area (Å²) in [7, 11) is 0. The molecule has 4 rings (SSSR count). The van der Waals surface area contributed by atoms with Gasteiger partial charge in [0, 0.05) is 25.3 Å². The van der Waals surface area contributed by atoms with Crippen molar-refractivity contribution in [2.24, 2.45) is 5.92 Å². The molecule has 0 aliphatic carbocycles. The number of carbonyl (C=O) groups excluding carboxylic acids is 1. The maximum Gasteiger partial charge on any atom is 0.257 e. The number of amides is 1. The fraction of sp³-hybridized carbons (Fsp3) is 0.450. The Morgan fingerprint density at radius 2 is 2.04 bits per heavy atom. The van der Waals surface area contributed by atoms with Crippen molar-refractivity contribution in [1.29, 1.82) is 0 Å². The topological polar surface area (TPSA) is 64.2 Å². The third kappa shape index (κ3) is 4.18. The van der Waals surface area contributed by atoms with E-state index in [4.69, 9.17) is 4.42 Å². The minimum absolute atomic E-state index is 0.159. The van der Waals surface area contributed by atoms with Gasteiger partial charge >= 0.3 is 0 Å². The first-order valence-electron chi connectivity index (χ1n) is 9.35. The summed E-state index contributed by atoms with van der Waals surface area (Å²) in [5, 5.41) is 5.11. The zero-order chi connectivity index (χ0) is 18.8. The van der Waals surface area contributed by atoms with E-state index in [1.807, 2.05) is 36.1 Å². The van der Waals surface area contributed by atoms with Gasteiger partial charge in [-0.2, -0.15) is 5.10 Å². The fourth-order valence-corrected chi connectivity index (χ4v) is 4.34. The lowest BCUT2D eigenvalue weighted by molar-refractivity contribution is -0.129. The van der Waals surface area contributed by atoms with Crippen LogP contribution in [0, 0.1) is 19.8 Å². The summed E-state index contributed by atoms with van der Waals surface area (Å²) in [6.45, 7) is 6.70. The van der Waals surface area contributed by atoms with Crippen LogP contribution in [-0.2, 0) is 11.3 Å². The van der Waals surface area contributed by atoms with Gasteiger partial charge in [-0.1, -0.05) is 23.9 Å². The number of nitrogens with zero attached hydrogens (tertiary/aromatic N) is 4. The molecule has 0 spiro atoms. The van der Waals surface area contributed by atoms with Crippen LogP contribution in [0.25, 0.3) is 11.1 Å². The molecule has 0 radical (unpaired) electrons. The summed E-state index contributed by atoms with van der Waals surface area (Å²) in [6.07, 6.45) is 2.05. The number of aryl methyl sites for hydroxylation is 2. The lowest BCUT2D eigenvalue weighted by Gasteiger charge is -2.32. The van der Waals surface area contributed by atoms with E-state index in [2.05, 4.69) is 27.8 Å². The molecule has 3 heterocycles. The lowest BCUT2D eigenvalue weighted by Crippen LogP contribution is -2.40. The van der Waals surface area contributed by atoms with Crippen LogP contribution in [0.2, 0.25) is 0 Å². The number of aromatic nitrogens is 3. The highest BCUT2D eigenvalue weighted by atomic mass is 32.2. The number of para-hydroxylation sites is 2. The molecule has 0 saturated carbocycles. The van der Waals surface area contributed by atoms with Crippen molar-refractivity contribution in [1.82, 2.24) is 19.7 Å². The summed E-state index contributed by atoms with van der Waals surface area (Å²) >= 11 is 1.37. The van der Waals surface area contributed by atoms with Crippen molar-refractivity contribution in [3.05, 3.63) is 41.7 Å². The van der Waals surface area contributed by atoms with Crippen LogP contribution in [-0.4, -0.2) is 44.4 Å². The maximum atomic E-state index is 12.5. The number of likely N-dealkylation sites (tertiary alicyclic amines) is 1. The summed E-state index contributed by atoms with van der Waals surface area (Å²) < 4.78 is 7.77. The predicted octanol–water partition coefficient (Wildman–Crippen LogP) is 3.67. The molecule has 1 fully saturated rings. The van der Waals surface area contributed by atoms with Crippen molar-refractivity contribution in [3.8, 4) is 0 Å². The van der Waals surface area contributed by atoms with Crippen molar-refractivity contribution in [2.75, 3.05) is 18.8 Å². The third-order valence-corrected chi connectivity index (χ3v) is 5.91. The lowest BCUT2D eigenvalue weighted by atomic mass is 9.97. The Morgan fingerprint density at radius 1 is 1.26 bits per heavy atom. The van der Waals surface area contributed by atoms with Crippen LogP contribution < -0.4 is 0 Å². The summed E-state index contributed by atoms with van der Waals surface area (Å²) in [5.41, 5.74) is 3.87. The van der Waals surface area contributed by atoms with Crippen molar-refractivity contribution < 1.29 is 9.21 Å². The smallest absolute Gasteiger partial charge is 0.257 e. The number of rotatable bonds is 5. The highest BCUT2D eigenvalue weighted by Gasteiger charge is 2.24. The van der Waals surface area contributed by atoms with Crippen LogP contribution in [0.1, 0.15) is 24.2 Å². The van der Waals surface area contributed by atoms with E-state index in [0.717, 1.165) is 49.3 Å². The Morgan fingerprint density at radius 3 is 2.74 bits per heavy atom. The summed E-state index contributed by atoms with van der Waals surface area (Å²) in [4.78, 5) is 18.9. The Labute approximate surface area is 162 Å². The molecule has 3 aromatic rings. The van der Waals surface area contributed by atoms with Crippen LogP contribution in [0.3, 0.4) is 0 Å². The molecule has 0 unspecified atom stereocenters. The number of hydrogen-bond acceptors (Lipinski definition) is 5. The Hall–Kier alpha value is -2.28. The zero-order valence-electron chi connectivity index (χ0n) is 15.7. The largest absolute Gasteiger partial charge is 0.431 e. The molecule has 6 nitrogen and oxygen atoms in total. The van der Waals surface area contributed by atoms with Crippen LogP contribution in [0.4, 0.5) is 0 Å². The molecule has 27 heavy (non-hydrogen) atoms. The molecule has 1 saturated heterocycles. The van der Waals surface area contributed by atoms with E-state index < -0.39 is 0 Å². The highest BCUT2D eigenvalue weighted by molar-refractivity contribution is 7.99. The Balaban J connectivity index is 1.26. The molecular formula is C20H24N4O2S. The third-order valence-electron chi connectivity index (χ3n) is 5.10. The molecule has 2 aromatic heterocycles. The van der Waals surface area contributed by atoms with Gasteiger partial charge < -0.3 is 9.32 Å². The highest BCUT2D eigenvalue weighted by Crippen LogP contribution is 2.25. The first kappa shape index (κ1) is 18.1. The summed E-state index contributed by atoms with van der Waals surface area (Å²) in [5.74, 6) is 1.11. The quantitative estimate of drug-likeness (QED) is 0.628. The number of fused-ring (bicyclic) bond motifs is 1. The van der Waals surface area contributed by atoms with Crippen molar-refractivity contribution in [2.45, 2.75) is 38.5 Å². The van der Waals surface area contributed by atoms with Gasteiger partial charge in [0.15, 0.2) is 5.58 Å². The van der Waals surface area contributed by atoms with E-state index >= 15 is 0 Å². The van der Waals surface area contributed by atoms with Gasteiger partial charge in [0.2, 0.25) is 5.91 Å². The minimum atomic E-state index is 0.159. The monoisotopic (exact) mass is 384 g/mol. The molecule has 1 aliphatic heterocycles. The van der Waals surface area contributed by atoms with Gasteiger partial charge in [-0.25, -0.2) is 4.98 Å². The number of oxazole rings is 1. The first-order valence-corrected chi connectivity index (χ1v) is 10.3. The number of piperidine rings is 1. The average Bonchev–Trinajstić information content (AvgIpc) is 3.22. The number of benzene rings is 1. The van der Waals surface area contributed by atoms with Crippen LogP contribution in [0.5, 0.6) is 0 Å². The van der Waals surface area contributed by atoms with Crippen molar-refractivity contribution in [3.63, 3.8) is 0 Å². The number of carbonyl (C=O) groups is 1. The molecule has 0 bridgehead atoms. The minimum Gasteiger partial charge on any atom is -0.431 e. The molecule has 1 aromatic carbocycles. The molecule has 1 aliphatic rings. The standard InChI is InChI=1S/C20H24N4O2S/c1-14-11-15(2)24(22-14)12-16-7-9-23(10-8-16)19(25)13-27-20-21-17-5-3-4-6-18(17)26-20/h3-6,11,16H,7-10,12-13H2,1-2H3. The molecule has 1 amide bonds. The molecule has 7 heteroatoms. The molecule has 0 atom stereocenters.